The Bertz CT molecular complexity index is 289. The smallest absolute Gasteiger partial charge is 0.404 e. The van der Waals surface area contributed by atoms with E-state index in [1.165, 1.54) is 0 Å². The SMILES string of the molecule is CC(C)(C)NC(=O)[C@H]1CC[C@H](NC(=O)O)CC1. The van der Waals surface area contributed by atoms with Gasteiger partial charge in [-0.1, -0.05) is 0 Å². The van der Waals surface area contributed by atoms with Crippen LogP contribution in [0.2, 0.25) is 0 Å². The van der Waals surface area contributed by atoms with Crippen molar-refractivity contribution in [2.24, 2.45) is 5.92 Å². The van der Waals surface area contributed by atoms with Crippen molar-refractivity contribution in [1.82, 2.24) is 10.6 Å². The molecule has 1 rings (SSSR count). The van der Waals surface area contributed by atoms with E-state index in [1.54, 1.807) is 0 Å². The van der Waals surface area contributed by atoms with Crippen LogP contribution in [0.15, 0.2) is 0 Å². The van der Waals surface area contributed by atoms with Crippen LogP contribution in [0, 0.1) is 5.92 Å². The fraction of sp³-hybridized carbons (Fsp3) is 0.833. The van der Waals surface area contributed by atoms with E-state index in [9.17, 15) is 9.59 Å². The molecule has 0 aromatic heterocycles. The first-order valence-corrected chi connectivity index (χ1v) is 6.09. The van der Waals surface area contributed by atoms with E-state index >= 15 is 0 Å². The van der Waals surface area contributed by atoms with E-state index in [0.717, 1.165) is 25.7 Å². The van der Waals surface area contributed by atoms with Gasteiger partial charge >= 0.3 is 6.09 Å². The van der Waals surface area contributed by atoms with E-state index in [0.29, 0.717) is 0 Å². The highest BCUT2D eigenvalue weighted by molar-refractivity contribution is 5.79. The Morgan fingerprint density at radius 2 is 1.65 bits per heavy atom. The molecule has 1 fully saturated rings. The first-order valence-electron chi connectivity index (χ1n) is 6.09. The maximum atomic E-state index is 11.9. The Balaban J connectivity index is 2.36. The molecule has 2 amide bonds. The van der Waals surface area contributed by atoms with E-state index in [-0.39, 0.29) is 23.4 Å². The lowest BCUT2D eigenvalue weighted by molar-refractivity contribution is -0.127. The molecule has 0 atom stereocenters. The van der Waals surface area contributed by atoms with Crippen LogP contribution >= 0.6 is 0 Å². The fourth-order valence-electron chi connectivity index (χ4n) is 2.15. The van der Waals surface area contributed by atoms with Crippen LogP contribution < -0.4 is 10.6 Å². The summed E-state index contributed by atoms with van der Waals surface area (Å²) in [5.74, 6) is 0.118. The molecule has 5 heteroatoms. The standard InChI is InChI=1S/C12H22N2O3/c1-12(2,3)14-10(15)8-4-6-9(7-5-8)13-11(16)17/h8-9,13H,4-7H2,1-3H3,(H,14,15)(H,16,17)/t8-,9-. The van der Waals surface area contributed by atoms with Crippen molar-refractivity contribution in [3.8, 4) is 0 Å². The minimum Gasteiger partial charge on any atom is -0.465 e. The van der Waals surface area contributed by atoms with Gasteiger partial charge in [0.15, 0.2) is 0 Å². The minimum atomic E-state index is -0.979. The van der Waals surface area contributed by atoms with Crippen LogP contribution in [0.1, 0.15) is 46.5 Å². The predicted molar refractivity (Wildman–Crippen MR) is 64.8 cm³/mol. The lowest BCUT2D eigenvalue weighted by atomic mass is 9.85. The molecule has 3 N–H and O–H groups in total. The molecule has 1 aliphatic rings. The van der Waals surface area contributed by atoms with Gasteiger partial charge in [-0.3, -0.25) is 4.79 Å². The van der Waals surface area contributed by atoms with E-state index in [4.69, 9.17) is 5.11 Å². The molecular formula is C12H22N2O3. The zero-order valence-electron chi connectivity index (χ0n) is 10.7. The second-order valence-electron chi connectivity index (χ2n) is 5.74. The molecule has 0 aromatic carbocycles. The maximum Gasteiger partial charge on any atom is 0.404 e. The number of rotatable bonds is 2. The Kier molecular flexibility index (Phi) is 4.37. The van der Waals surface area contributed by atoms with Crippen LogP contribution in [-0.2, 0) is 4.79 Å². The number of carbonyl (C=O) groups is 2. The summed E-state index contributed by atoms with van der Waals surface area (Å²) >= 11 is 0. The number of carboxylic acid groups (broad SMARTS) is 1. The molecule has 0 unspecified atom stereocenters. The summed E-state index contributed by atoms with van der Waals surface area (Å²) in [5, 5.41) is 14.0. The van der Waals surface area contributed by atoms with Crippen molar-refractivity contribution in [2.75, 3.05) is 0 Å². The minimum absolute atomic E-state index is 0.00573. The molecule has 0 bridgehead atoms. The molecule has 0 spiro atoms. The maximum absolute atomic E-state index is 11.9. The van der Waals surface area contributed by atoms with Crippen molar-refractivity contribution in [1.29, 1.82) is 0 Å². The molecule has 1 aliphatic carbocycles. The third-order valence-corrected chi connectivity index (χ3v) is 2.92. The fourth-order valence-corrected chi connectivity index (χ4v) is 2.15. The third kappa shape index (κ3) is 5.06. The van der Waals surface area contributed by atoms with Gasteiger partial charge in [0, 0.05) is 17.5 Å². The van der Waals surface area contributed by atoms with Crippen molar-refractivity contribution in [3.05, 3.63) is 0 Å². The molecule has 98 valence electrons. The Hall–Kier alpha value is -1.26. The molecule has 0 saturated heterocycles. The van der Waals surface area contributed by atoms with E-state index in [2.05, 4.69) is 10.6 Å². The van der Waals surface area contributed by atoms with Crippen LogP contribution in [0.25, 0.3) is 0 Å². The van der Waals surface area contributed by atoms with Crippen LogP contribution in [-0.4, -0.2) is 28.7 Å². The number of amides is 2. The van der Waals surface area contributed by atoms with Gasteiger partial charge in [-0.15, -0.1) is 0 Å². The number of carbonyl (C=O) groups excluding carboxylic acids is 1. The Morgan fingerprint density at radius 1 is 1.12 bits per heavy atom. The quantitative estimate of drug-likeness (QED) is 0.690. The highest BCUT2D eigenvalue weighted by Crippen LogP contribution is 2.25. The molecule has 0 heterocycles. The van der Waals surface area contributed by atoms with Crippen LogP contribution in [0.4, 0.5) is 4.79 Å². The van der Waals surface area contributed by atoms with Crippen molar-refractivity contribution < 1.29 is 14.7 Å². The predicted octanol–water partition coefficient (Wildman–Crippen LogP) is 1.73. The van der Waals surface area contributed by atoms with Gasteiger partial charge in [0.2, 0.25) is 5.91 Å². The summed E-state index contributed by atoms with van der Waals surface area (Å²) in [5.41, 5.74) is -0.201. The summed E-state index contributed by atoms with van der Waals surface area (Å²) in [6.45, 7) is 5.88. The largest absolute Gasteiger partial charge is 0.465 e. The highest BCUT2D eigenvalue weighted by atomic mass is 16.4. The normalized spacial score (nSPS) is 25.1. The van der Waals surface area contributed by atoms with E-state index in [1.807, 2.05) is 20.8 Å². The molecule has 1 saturated carbocycles. The topological polar surface area (TPSA) is 78.4 Å². The number of nitrogens with one attached hydrogen (secondary N) is 2. The first kappa shape index (κ1) is 13.8. The lowest BCUT2D eigenvalue weighted by Gasteiger charge is -2.30. The second-order valence-corrected chi connectivity index (χ2v) is 5.74. The van der Waals surface area contributed by atoms with Crippen molar-refractivity contribution >= 4 is 12.0 Å². The summed E-state index contributed by atoms with van der Waals surface area (Å²) < 4.78 is 0. The number of hydrogen-bond acceptors (Lipinski definition) is 2. The summed E-state index contributed by atoms with van der Waals surface area (Å²) in [6, 6.07) is 0.00573. The van der Waals surface area contributed by atoms with Gasteiger partial charge < -0.3 is 15.7 Å². The zero-order chi connectivity index (χ0) is 13.1. The molecule has 5 nitrogen and oxygen atoms in total. The second kappa shape index (κ2) is 5.38. The van der Waals surface area contributed by atoms with Gasteiger partial charge in [0.25, 0.3) is 0 Å². The molecule has 0 aliphatic heterocycles. The molecule has 17 heavy (non-hydrogen) atoms. The summed E-state index contributed by atoms with van der Waals surface area (Å²) in [4.78, 5) is 22.4. The number of hydrogen-bond donors (Lipinski definition) is 3. The van der Waals surface area contributed by atoms with Crippen molar-refractivity contribution in [2.45, 2.75) is 58.0 Å². The van der Waals surface area contributed by atoms with Gasteiger partial charge in [-0.2, -0.15) is 0 Å². The first-order chi connectivity index (χ1) is 7.78. The zero-order valence-corrected chi connectivity index (χ0v) is 10.7. The lowest BCUT2D eigenvalue weighted by Crippen LogP contribution is -2.46. The van der Waals surface area contributed by atoms with Gasteiger partial charge in [0.05, 0.1) is 0 Å². The van der Waals surface area contributed by atoms with Gasteiger partial charge in [-0.05, 0) is 46.5 Å². The molecule has 0 aromatic rings. The third-order valence-electron chi connectivity index (χ3n) is 2.92. The Morgan fingerprint density at radius 3 is 2.06 bits per heavy atom. The van der Waals surface area contributed by atoms with Crippen molar-refractivity contribution in [3.63, 3.8) is 0 Å². The monoisotopic (exact) mass is 242 g/mol. The highest BCUT2D eigenvalue weighted by Gasteiger charge is 2.28. The summed E-state index contributed by atoms with van der Waals surface area (Å²) in [7, 11) is 0. The van der Waals surface area contributed by atoms with Crippen LogP contribution in [0.5, 0.6) is 0 Å². The Labute approximate surface area is 102 Å². The van der Waals surface area contributed by atoms with Gasteiger partial charge in [-0.25, -0.2) is 4.79 Å². The van der Waals surface area contributed by atoms with Gasteiger partial charge in [0.1, 0.15) is 0 Å². The average molecular weight is 242 g/mol. The average Bonchev–Trinajstić information content (AvgIpc) is 2.15. The van der Waals surface area contributed by atoms with E-state index < -0.39 is 6.09 Å². The molecular weight excluding hydrogens is 220 g/mol. The van der Waals surface area contributed by atoms with Crippen LogP contribution in [0.3, 0.4) is 0 Å². The summed E-state index contributed by atoms with van der Waals surface area (Å²) in [6.07, 6.45) is 2.02. The molecule has 0 radical (unpaired) electrons.